The van der Waals surface area contributed by atoms with Crippen LogP contribution in [0.4, 0.5) is 0 Å². The summed E-state index contributed by atoms with van der Waals surface area (Å²) in [6.07, 6.45) is 2.74. The Hall–Kier alpha value is -0.610. The maximum atomic E-state index is 12.0. The molecule has 0 aromatic carbocycles. The number of rotatable bonds is 8. The summed E-state index contributed by atoms with van der Waals surface area (Å²) in [5.41, 5.74) is -0.486. The van der Waals surface area contributed by atoms with Crippen LogP contribution in [-0.4, -0.2) is 48.2 Å². The van der Waals surface area contributed by atoms with E-state index in [1.54, 1.807) is 4.90 Å². The zero-order valence-electron chi connectivity index (χ0n) is 11.0. The number of amides is 1. The normalized spacial score (nSPS) is 11.6. The molecule has 0 aliphatic heterocycles. The molecule has 0 aromatic rings. The largest absolute Gasteiger partial charge is 0.396 e. The predicted molar refractivity (Wildman–Crippen MR) is 66.3 cm³/mol. The van der Waals surface area contributed by atoms with Gasteiger partial charge < -0.3 is 15.3 Å². The first-order chi connectivity index (χ1) is 7.45. The van der Waals surface area contributed by atoms with Crippen molar-refractivity contribution in [3.63, 3.8) is 0 Å². The molecular formula is C12H26N2O2. The lowest BCUT2D eigenvalue weighted by atomic mass is 10.0. The minimum absolute atomic E-state index is 0.123. The van der Waals surface area contributed by atoms with Gasteiger partial charge in [0.1, 0.15) is 0 Å². The predicted octanol–water partition coefficient (Wildman–Crippen LogP) is 0.995. The molecule has 0 aliphatic rings. The highest BCUT2D eigenvalue weighted by Gasteiger charge is 2.28. The lowest BCUT2D eigenvalue weighted by Crippen LogP contribution is -2.53. The first-order valence-electron chi connectivity index (χ1n) is 6.07. The molecule has 0 heterocycles. The summed E-state index contributed by atoms with van der Waals surface area (Å²) >= 11 is 0. The zero-order valence-corrected chi connectivity index (χ0v) is 11.0. The van der Waals surface area contributed by atoms with Gasteiger partial charge in [-0.1, -0.05) is 6.92 Å². The molecule has 4 heteroatoms. The van der Waals surface area contributed by atoms with E-state index in [0.717, 1.165) is 32.4 Å². The molecule has 0 spiro atoms. The molecule has 2 N–H and O–H groups in total. The maximum absolute atomic E-state index is 12.0. The number of aliphatic hydroxyl groups is 1. The van der Waals surface area contributed by atoms with Crippen molar-refractivity contribution in [3.05, 3.63) is 0 Å². The number of unbranched alkanes of at least 4 members (excludes halogenated alkanes) is 2. The summed E-state index contributed by atoms with van der Waals surface area (Å²) in [6, 6.07) is 0. The minimum Gasteiger partial charge on any atom is -0.396 e. The van der Waals surface area contributed by atoms with Gasteiger partial charge in [0.25, 0.3) is 0 Å². The van der Waals surface area contributed by atoms with Crippen LogP contribution in [0.1, 0.15) is 40.0 Å². The van der Waals surface area contributed by atoms with Crippen LogP contribution in [0.15, 0.2) is 0 Å². The van der Waals surface area contributed by atoms with Gasteiger partial charge in [-0.25, -0.2) is 0 Å². The first-order valence-corrected chi connectivity index (χ1v) is 6.07. The fraction of sp³-hybridized carbons (Fsp3) is 0.917. The van der Waals surface area contributed by atoms with Crippen molar-refractivity contribution in [3.8, 4) is 0 Å². The van der Waals surface area contributed by atoms with Crippen LogP contribution in [0.5, 0.6) is 0 Å². The van der Waals surface area contributed by atoms with Gasteiger partial charge >= 0.3 is 0 Å². The summed E-state index contributed by atoms with van der Waals surface area (Å²) in [4.78, 5) is 13.8. The lowest BCUT2D eigenvalue weighted by Gasteiger charge is -2.30. The highest BCUT2D eigenvalue weighted by molar-refractivity contribution is 5.85. The Morgan fingerprint density at radius 1 is 1.31 bits per heavy atom. The third-order valence-corrected chi connectivity index (χ3v) is 2.65. The molecule has 0 unspecified atom stereocenters. The van der Waals surface area contributed by atoms with E-state index in [9.17, 15) is 4.79 Å². The Balaban J connectivity index is 3.97. The van der Waals surface area contributed by atoms with Crippen LogP contribution in [0, 0.1) is 0 Å². The van der Waals surface area contributed by atoms with Crippen molar-refractivity contribution >= 4 is 5.91 Å². The van der Waals surface area contributed by atoms with Crippen LogP contribution < -0.4 is 5.32 Å². The monoisotopic (exact) mass is 230 g/mol. The van der Waals surface area contributed by atoms with E-state index >= 15 is 0 Å². The number of carbonyl (C=O) groups excluding carboxylic acids is 1. The Bertz CT molecular complexity index is 205. The Kier molecular flexibility index (Phi) is 7.34. The molecular weight excluding hydrogens is 204 g/mol. The maximum Gasteiger partial charge on any atom is 0.242 e. The molecule has 0 radical (unpaired) electrons. The van der Waals surface area contributed by atoms with Crippen molar-refractivity contribution < 1.29 is 9.90 Å². The molecule has 0 aromatic heterocycles. The van der Waals surface area contributed by atoms with Gasteiger partial charge in [0.05, 0.1) is 5.54 Å². The number of likely N-dealkylation sites (N-methyl/N-ethyl adjacent to an activating group) is 2. The molecule has 1 amide bonds. The van der Waals surface area contributed by atoms with Crippen LogP contribution in [0.3, 0.4) is 0 Å². The second kappa shape index (κ2) is 7.63. The number of nitrogens with one attached hydrogen (secondary N) is 1. The second-order valence-electron chi connectivity index (χ2n) is 4.67. The number of aliphatic hydroxyl groups excluding tert-OH is 1. The third-order valence-electron chi connectivity index (χ3n) is 2.65. The molecule has 0 fully saturated rings. The number of hydrogen-bond donors (Lipinski definition) is 2. The number of hydrogen-bond acceptors (Lipinski definition) is 3. The topological polar surface area (TPSA) is 52.6 Å². The van der Waals surface area contributed by atoms with Crippen molar-refractivity contribution in [1.82, 2.24) is 10.2 Å². The van der Waals surface area contributed by atoms with E-state index < -0.39 is 5.54 Å². The first kappa shape index (κ1) is 15.4. The van der Waals surface area contributed by atoms with E-state index in [1.807, 2.05) is 27.8 Å². The van der Waals surface area contributed by atoms with E-state index in [-0.39, 0.29) is 12.5 Å². The SMILES string of the molecule is CCNC(C)(C)C(=O)N(C)CCCCCO. The molecule has 4 nitrogen and oxygen atoms in total. The fourth-order valence-electron chi connectivity index (χ4n) is 1.73. The summed E-state index contributed by atoms with van der Waals surface area (Å²) < 4.78 is 0. The van der Waals surface area contributed by atoms with Gasteiger partial charge in [0.15, 0.2) is 0 Å². The van der Waals surface area contributed by atoms with Crippen LogP contribution in [0.25, 0.3) is 0 Å². The number of nitrogens with zero attached hydrogens (tertiary/aromatic N) is 1. The van der Waals surface area contributed by atoms with Crippen LogP contribution in [0.2, 0.25) is 0 Å². The van der Waals surface area contributed by atoms with Gasteiger partial charge in [-0.3, -0.25) is 4.79 Å². The second-order valence-corrected chi connectivity index (χ2v) is 4.67. The van der Waals surface area contributed by atoms with Crippen LogP contribution in [-0.2, 0) is 4.79 Å². The van der Waals surface area contributed by atoms with Crippen LogP contribution >= 0.6 is 0 Å². The lowest BCUT2D eigenvalue weighted by molar-refractivity contribution is -0.135. The van der Waals surface area contributed by atoms with Crippen molar-refractivity contribution in [1.29, 1.82) is 0 Å². The quantitative estimate of drug-likeness (QED) is 0.612. The van der Waals surface area contributed by atoms with Gasteiger partial charge in [0, 0.05) is 20.2 Å². The molecule has 16 heavy (non-hydrogen) atoms. The van der Waals surface area contributed by atoms with E-state index in [0.29, 0.717) is 0 Å². The Labute approximate surface area is 99.0 Å². The van der Waals surface area contributed by atoms with Gasteiger partial charge in [-0.15, -0.1) is 0 Å². The molecule has 0 saturated heterocycles. The zero-order chi connectivity index (χ0) is 12.6. The standard InChI is InChI=1S/C12H26N2O2/c1-5-13-12(2,3)11(16)14(4)9-7-6-8-10-15/h13,15H,5-10H2,1-4H3. The average molecular weight is 230 g/mol. The van der Waals surface area contributed by atoms with Gasteiger partial charge in [-0.2, -0.15) is 0 Å². The smallest absolute Gasteiger partial charge is 0.242 e. The molecule has 0 rings (SSSR count). The molecule has 0 saturated carbocycles. The summed E-state index contributed by atoms with van der Waals surface area (Å²) in [5, 5.41) is 11.8. The fourth-order valence-corrected chi connectivity index (χ4v) is 1.73. The number of carbonyl (C=O) groups is 1. The van der Waals surface area contributed by atoms with Gasteiger partial charge in [0.2, 0.25) is 5.91 Å². The summed E-state index contributed by atoms with van der Waals surface area (Å²) in [7, 11) is 1.83. The van der Waals surface area contributed by atoms with E-state index in [2.05, 4.69) is 5.32 Å². The molecule has 0 aliphatic carbocycles. The van der Waals surface area contributed by atoms with Crippen molar-refractivity contribution in [2.45, 2.75) is 45.6 Å². The van der Waals surface area contributed by atoms with Crippen molar-refractivity contribution in [2.24, 2.45) is 0 Å². The Morgan fingerprint density at radius 2 is 1.94 bits per heavy atom. The van der Waals surface area contributed by atoms with E-state index in [1.165, 1.54) is 0 Å². The summed E-state index contributed by atoms with van der Waals surface area (Å²) in [5.74, 6) is 0.123. The minimum atomic E-state index is -0.486. The highest BCUT2D eigenvalue weighted by Crippen LogP contribution is 2.07. The molecule has 96 valence electrons. The Morgan fingerprint density at radius 3 is 2.44 bits per heavy atom. The molecule has 0 atom stereocenters. The highest BCUT2D eigenvalue weighted by atomic mass is 16.2. The summed E-state index contributed by atoms with van der Waals surface area (Å²) in [6.45, 7) is 7.59. The molecule has 0 bridgehead atoms. The van der Waals surface area contributed by atoms with Gasteiger partial charge in [-0.05, 0) is 39.7 Å². The average Bonchev–Trinajstić information content (AvgIpc) is 2.23. The third kappa shape index (κ3) is 5.47. The van der Waals surface area contributed by atoms with Crippen molar-refractivity contribution in [2.75, 3.05) is 26.7 Å². The van der Waals surface area contributed by atoms with E-state index in [4.69, 9.17) is 5.11 Å².